The zero-order valence-corrected chi connectivity index (χ0v) is 10.9. The van der Waals surface area contributed by atoms with E-state index in [0.717, 1.165) is 0 Å². The van der Waals surface area contributed by atoms with E-state index in [9.17, 15) is 15.0 Å². The number of fused-ring (bicyclic) bond motifs is 1. The van der Waals surface area contributed by atoms with Crippen LogP contribution >= 0.6 is 11.6 Å². The Kier molecular flexibility index (Phi) is 2.88. The first-order valence-electron chi connectivity index (χ1n) is 5.81. The van der Waals surface area contributed by atoms with Gasteiger partial charge in [0.1, 0.15) is 0 Å². The Hall–Kier alpha value is -2.46. The van der Waals surface area contributed by atoms with Crippen LogP contribution in [0.1, 0.15) is 15.9 Å². The number of aromatic hydroxyl groups is 2. The van der Waals surface area contributed by atoms with E-state index in [1.165, 1.54) is 18.2 Å². The number of halogens is 1. The molecule has 0 saturated carbocycles. The molecular formula is C15H9ClO4. The van der Waals surface area contributed by atoms with Crippen molar-refractivity contribution in [2.24, 2.45) is 0 Å². The molecule has 0 saturated heterocycles. The highest BCUT2D eigenvalue weighted by Crippen LogP contribution is 2.38. The Morgan fingerprint density at radius 3 is 2.60 bits per heavy atom. The summed E-state index contributed by atoms with van der Waals surface area (Å²) in [6, 6.07) is 9.19. The minimum Gasteiger partial charge on any atom is -0.504 e. The standard InChI is InChI=1S/C15H9ClO4/c16-10-3-1-2-9-14(19)13(20-15(9)10)7-8-4-5-11(17)12(18)6-8/h1-7,17-18H/b13-7-. The number of phenols is 2. The first-order valence-corrected chi connectivity index (χ1v) is 6.19. The van der Waals surface area contributed by atoms with Crippen molar-refractivity contribution in [1.82, 2.24) is 0 Å². The fourth-order valence-corrected chi connectivity index (χ4v) is 2.17. The molecule has 2 aromatic carbocycles. The van der Waals surface area contributed by atoms with E-state index >= 15 is 0 Å². The molecule has 3 rings (SSSR count). The molecule has 0 bridgehead atoms. The molecule has 0 aliphatic carbocycles. The molecule has 0 fully saturated rings. The molecule has 1 aliphatic heterocycles. The van der Waals surface area contributed by atoms with Crippen molar-refractivity contribution < 1.29 is 19.7 Å². The largest absolute Gasteiger partial charge is 0.504 e. The second kappa shape index (κ2) is 4.58. The number of ether oxygens (including phenoxy) is 1. The smallest absolute Gasteiger partial charge is 0.232 e. The quantitative estimate of drug-likeness (QED) is 0.624. The molecule has 4 nitrogen and oxygen atoms in total. The minimum absolute atomic E-state index is 0.123. The Balaban J connectivity index is 2.01. The zero-order valence-electron chi connectivity index (χ0n) is 10.1. The van der Waals surface area contributed by atoms with E-state index in [0.29, 0.717) is 21.9 Å². The number of allylic oxidation sites excluding steroid dienone is 1. The summed E-state index contributed by atoms with van der Waals surface area (Å²) in [6.07, 6.45) is 1.48. The highest BCUT2D eigenvalue weighted by molar-refractivity contribution is 6.33. The lowest BCUT2D eigenvalue weighted by Gasteiger charge is -2.01. The predicted molar refractivity (Wildman–Crippen MR) is 74.2 cm³/mol. The van der Waals surface area contributed by atoms with Crippen LogP contribution in [0.2, 0.25) is 5.02 Å². The normalized spacial score (nSPS) is 15.2. The first-order chi connectivity index (χ1) is 9.56. The summed E-state index contributed by atoms with van der Waals surface area (Å²) >= 11 is 5.97. The summed E-state index contributed by atoms with van der Waals surface area (Å²) in [5.41, 5.74) is 0.944. The van der Waals surface area contributed by atoms with Crippen molar-refractivity contribution in [3.63, 3.8) is 0 Å². The maximum atomic E-state index is 12.1. The van der Waals surface area contributed by atoms with E-state index in [4.69, 9.17) is 16.3 Å². The van der Waals surface area contributed by atoms with Gasteiger partial charge in [0, 0.05) is 0 Å². The van der Waals surface area contributed by atoms with Crippen LogP contribution in [0.25, 0.3) is 6.08 Å². The number of hydrogen-bond acceptors (Lipinski definition) is 4. The van der Waals surface area contributed by atoms with E-state index in [2.05, 4.69) is 0 Å². The molecule has 1 aliphatic rings. The third-order valence-electron chi connectivity index (χ3n) is 2.94. The number of carbonyl (C=O) groups is 1. The van der Waals surface area contributed by atoms with E-state index in [1.807, 2.05) is 0 Å². The second-order valence-corrected chi connectivity index (χ2v) is 4.71. The van der Waals surface area contributed by atoms with Gasteiger partial charge in [0.25, 0.3) is 0 Å². The van der Waals surface area contributed by atoms with Gasteiger partial charge in [-0.1, -0.05) is 23.7 Å². The van der Waals surface area contributed by atoms with Crippen molar-refractivity contribution in [3.8, 4) is 17.2 Å². The number of phenolic OH excluding ortho intramolecular Hbond substituents is 2. The van der Waals surface area contributed by atoms with Crippen LogP contribution in [0.4, 0.5) is 0 Å². The van der Waals surface area contributed by atoms with Crippen LogP contribution in [0.15, 0.2) is 42.2 Å². The van der Waals surface area contributed by atoms with E-state index in [-0.39, 0.29) is 23.0 Å². The van der Waals surface area contributed by atoms with E-state index in [1.54, 1.807) is 24.3 Å². The molecule has 1 heterocycles. The van der Waals surface area contributed by atoms with Crippen LogP contribution < -0.4 is 4.74 Å². The number of para-hydroxylation sites is 1. The molecule has 0 amide bonds. The zero-order chi connectivity index (χ0) is 14.3. The average Bonchev–Trinajstić information content (AvgIpc) is 2.73. The van der Waals surface area contributed by atoms with Gasteiger partial charge in [-0.3, -0.25) is 4.79 Å². The number of Topliss-reactive ketones (excluding diaryl/α,β-unsaturated/α-hetero) is 1. The van der Waals surface area contributed by atoms with Crippen LogP contribution in [0, 0.1) is 0 Å². The van der Waals surface area contributed by atoms with Crippen molar-refractivity contribution in [2.75, 3.05) is 0 Å². The van der Waals surface area contributed by atoms with Crippen LogP contribution in [-0.2, 0) is 0 Å². The van der Waals surface area contributed by atoms with E-state index < -0.39 is 0 Å². The molecule has 0 spiro atoms. The summed E-state index contributed by atoms with van der Waals surface area (Å²) in [4.78, 5) is 12.1. The monoisotopic (exact) mass is 288 g/mol. The maximum absolute atomic E-state index is 12.1. The Bertz CT molecular complexity index is 750. The molecule has 100 valence electrons. The lowest BCUT2D eigenvalue weighted by molar-refractivity contribution is 0.101. The Morgan fingerprint density at radius 2 is 1.90 bits per heavy atom. The van der Waals surface area contributed by atoms with Gasteiger partial charge in [0.2, 0.25) is 5.78 Å². The molecule has 0 atom stereocenters. The molecule has 0 radical (unpaired) electrons. The average molecular weight is 289 g/mol. The minimum atomic E-state index is -0.268. The van der Waals surface area contributed by atoms with Gasteiger partial charge < -0.3 is 14.9 Å². The molecule has 0 aromatic heterocycles. The molecule has 0 unspecified atom stereocenters. The van der Waals surface area contributed by atoms with Crippen LogP contribution in [0.5, 0.6) is 17.2 Å². The predicted octanol–water partition coefficient (Wildman–Crippen LogP) is 3.37. The van der Waals surface area contributed by atoms with Gasteiger partial charge in [-0.25, -0.2) is 0 Å². The van der Waals surface area contributed by atoms with Crippen molar-refractivity contribution in [2.45, 2.75) is 0 Å². The summed E-state index contributed by atoms with van der Waals surface area (Å²) < 4.78 is 5.46. The molecular weight excluding hydrogens is 280 g/mol. The lowest BCUT2D eigenvalue weighted by Crippen LogP contribution is -1.97. The molecule has 5 heteroatoms. The first kappa shape index (κ1) is 12.6. The van der Waals surface area contributed by atoms with Gasteiger partial charge >= 0.3 is 0 Å². The van der Waals surface area contributed by atoms with Crippen molar-refractivity contribution >= 4 is 23.5 Å². The van der Waals surface area contributed by atoms with Gasteiger partial charge in [0.15, 0.2) is 23.0 Å². The van der Waals surface area contributed by atoms with Gasteiger partial charge in [-0.15, -0.1) is 0 Å². The number of carbonyl (C=O) groups excluding carboxylic acids is 1. The number of hydrogen-bond donors (Lipinski definition) is 2. The van der Waals surface area contributed by atoms with Gasteiger partial charge in [-0.05, 0) is 35.9 Å². The maximum Gasteiger partial charge on any atom is 0.232 e. The van der Waals surface area contributed by atoms with Gasteiger partial charge in [-0.2, -0.15) is 0 Å². The Morgan fingerprint density at radius 1 is 1.10 bits per heavy atom. The fraction of sp³-hybridized carbons (Fsp3) is 0. The molecule has 2 N–H and O–H groups in total. The number of benzene rings is 2. The van der Waals surface area contributed by atoms with Gasteiger partial charge in [0.05, 0.1) is 10.6 Å². The summed E-state index contributed by atoms with van der Waals surface area (Å²) in [6.45, 7) is 0. The number of rotatable bonds is 1. The summed E-state index contributed by atoms with van der Waals surface area (Å²) in [7, 11) is 0. The third-order valence-corrected chi connectivity index (χ3v) is 3.24. The molecule has 2 aromatic rings. The lowest BCUT2D eigenvalue weighted by atomic mass is 10.1. The second-order valence-electron chi connectivity index (χ2n) is 4.30. The van der Waals surface area contributed by atoms with Crippen molar-refractivity contribution in [3.05, 3.63) is 58.3 Å². The molecule has 20 heavy (non-hydrogen) atoms. The SMILES string of the molecule is O=C1/C(=C/c2ccc(O)c(O)c2)Oc2c(Cl)cccc21. The van der Waals surface area contributed by atoms with Crippen molar-refractivity contribution in [1.29, 1.82) is 0 Å². The number of ketones is 1. The fourth-order valence-electron chi connectivity index (χ4n) is 1.96. The summed E-state index contributed by atoms with van der Waals surface area (Å²) in [5, 5.41) is 19.0. The highest BCUT2D eigenvalue weighted by Gasteiger charge is 2.28. The highest BCUT2D eigenvalue weighted by atomic mass is 35.5. The Labute approximate surface area is 119 Å². The third kappa shape index (κ3) is 2.00. The topological polar surface area (TPSA) is 66.8 Å². The van der Waals surface area contributed by atoms with Crippen LogP contribution in [-0.4, -0.2) is 16.0 Å². The van der Waals surface area contributed by atoms with Crippen LogP contribution in [0.3, 0.4) is 0 Å². The summed E-state index contributed by atoms with van der Waals surface area (Å²) in [5.74, 6) is -0.292.